The van der Waals surface area contributed by atoms with Crippen molar-refractivity contribution >= 4 is 23.6 Å². The number of likely N-dealkylation sites (tertiary alicyclic amines) is 1. The van der Waals surface area contributed by atoms with Crippen molar-refractivity contribution in [2.45, 2.75) is 64.2 Å². The summed E-state index contributed by atoms with van der Waals surface area (Å²) < 4.78 is 0. The van der Waals surface area contributed by atoms with Gasteiger partial charge in [0.15, 0.2) is 0 Å². The van der Waals surface area contributed by atoms with E-state index < -0.39 is 0 Å². The number of amides is 2. The Balaban J connectivity index is 1.79. The summed E-state index contributed by atoms with van der Waals surface area (Å²) in [6, 6.07) is 0.354. The Bertz CT molecular complexity index is 392. The number of carbonyl (C=O) groups is 2. The van der Waals surface area contributed by atoms with Gasteiger partial charge in [-0.1, -0.05) is 27.2 Å². The molecule has 0 aromatic carbocycles. The fourth-order valence-corrected chi connectivity index (χ4v) is 4.73. The van der Waals surface area contributed by atoms with Gasteiger partial charge in [0.2, 0.25) is 11.8 Å². The molecular formula is C17H30N2O2S. The summed E-state index contributed by atoms with van der Waals surface area (Å²) in [6.45, 7) is 7.52. The molecule has 0 aromatic heterocycles. The molecule has 0 spiro atoms. The van der Waals surface area contributed by atoms with E-state index in [1.807, 2.05) is 30.5 Å². The molecule has 2 fully saturated rings. The second-order valence-electron chi connectivity index (χ2n) is 6.79. The third-order valence-corrected chi connectivity index (χ3v) is 6.16. The maximum atomic E-state index is 12.5. The summed E-state index contributed by atoms with van der Waals surface area (Å²) >= 11 is 1.98. The minimum Gasteiger partial charge on any atom is -0.352 e. The minimum absolute atomic E-state index is 0.0516. The number of nitrogens with one attached hydrogen (secondary N) is 1. The first-order valence-electron chi connectivity index (χ1n) is 8.73. The van der Waals surface area contributed by atoms with Gasteiger partial charge in [0, 0.05) is 36.2 Å². The summed E-state index contributed by atoms with van der Waals surface area (Å²) in [7, 11) is 0. The molecule has 1 aliphatic carbocycles. The molecule has 2 aliphatic rings. The highest BCUT2D eigenvalue weighted by Gasteiger charge is 2.32. The van der Waals surface area contributed by atoms with Crippen molar-refractivity contribution in [1.82, 2.24) is 10.2 Å². The number of thioether (sulfide) groups is 1. The molecule has 1 N–H and O–H groups in total. The van der Waals surface area contributed by atoms with Crippen LogP contribution in [0.5, 0.6) is 0 Å². The van der Waals surface area contributed by atoms with Crippen LogP contribution in [-0.4, -0.2) is 46.8 Å². The molecular weight excluding hydrogens is 296 g/mol. The highest BCUT2D eigenvalue weighted by Crippen LogP contribution is 2.30. The number of rotatable bonds is 5. The lowest BCUT2D eigenvalue weighted by Crippen LogP contribution is -2.47. The summed E-state index contributed by atoms with van der Waals surface area (Å²) in [6.07, 6.45) is 5.19. The smallest absolute Gasteiger partial charge is 0.225 e. The van der Waals surface area contributed by atoms with Crippen molar-refractivity contribution in [2.75, 3.05) is 18.8 Å². The topological polar surface area (TPSA) is 49.4 Å². The van der Waals surface area contributed by atoms with E-state index in [1.165, 1.54) is 12.8 Å². The predicted octanol–water partition coefficient (Wildman–Crippen LogP) is 2.67. The Labute approximate surface area is 138 Å². The van der Waals surface area contributed by atoms with Gasteiger partial charge in [0.25, 0.3) is 0 Å². The molecule has 1 saturated carbocycles. The number of hydrogen-bond acceptors (Lipinski definition) is 3. The molecule has 5 heteroatoms. The van der Waals surface area contributed by atoms with Gasteiger partial charge in [-0.15, -0.1) is 0 Å². The Morgan fingerprint density at radius 2 is 1.86 bits per heavy atom. The van der Waals surface area contributed by atoms with Gasteiger partial charge in [-0.25, -0.2) is 0 Å². The molecule has 2 rings (SSSR count). The van der Waals surface area contributed by atoms with Crippen LogP contribution in [0.1, 0.15) is 52.9 Å². The fraction of sp³-hybridized carbons (Fsp3) is 0.882. The van der Waals surface area contributed by atoms with E-state index >= 15 is 0 Å². The fourth-order valence-electron chi connectivity index (χ4n) is 3.53. The molecule has 2 atom stereocenters. The molecule has 0 radical (unpaired) electrons. The molecule has 1 heterocycles. The van der Waals surface area contributed by atoms with Crippen molar-refractivity contribution in [2.24, 2.45) is 11.8 Å². The van der Waals surface area contributed by atoms with E-state index in [0.29, 0.717) is 11.3 Å². The highest BCUT2D eigenvalue weighted by molar-refractivity contribution is 7.99. The summed E-state index contributed by atoms with van der Waals surface area (Å²) in [4.78, 5) is 26.4. The van der Waals surface area contributed by atoms with Crippen LogP contribution in [0.15, 0.2) is 0 Å². The highest BCUT2D eigenvalue weighted by atomic mass is 32.2. The lowest BCUT2D eigenvalue weighted by Gasteiger charge is -2.33. The summed E-state index contributed by atoms with van der Waals surface area (Å²) in [5.41, 5.74) is 0. The van der Waals surface area contributed by atoms with Crippen LogP contribution in [-0.2, 0) is 9.59 Å². The van der Waals surface area contributed by atoms with Gasteiger partial charge in [-0.05, 0) is 31.4 Å². The molecule has 0 aromatic rings. The normalized spacial score (nSPS) is 26.5. The quantitative estimate of drug-likeness (QED) is 0.845. The number of carbonyl (C=O) groups excluding carboxylic acids is 2. The van der Waals surface area contributed by atoms with Crippen molar-refractivity contribution in [3.63, 3.8) is 0 Å². The van der Waals surface area contributed by atoms with Crippen LogP contribution in [0.2, 0.25) is 0 Å². The first-order valence-corrected chi connectivity index (χ1v) is 9.78. The van der Waals surface area contributed by atoms with Gasteiger partial charge in [0.05, 0.1) is 0 Å². The van der Waals surface area contributed by atoms with E-state index in [1.54, 1.807) is 0 Å². The van der Waals surface area contributed by atoms with Crippen LogP contribution in [0.25, 0.3) is 0 Å². The molecule has 0 bridgehead atoms. The van der Waals surface area contributed by atoms with E-state index in [4.69, 9.17) is 0 Å². The Morgan fingerprint density at radius 3 is 2.45 bits per heavy atom. The first-order chi connectivity index (χ1) is 10.5. The van der Waals surface area contributed by atoms with Crippen LogP contribution in [0.4, 0.5) is 0 Å². The third-order valence-electron chi connectivity index (χ3n) is 4.83. The second kappa shape index (κ2) is 8.23. The average molecular weight is 327 g/mol. The summed E-state index contributed by atoms with van der Waals surface area (Å²) in [5, 5.41) is 3.88. The number of piperidine rings is 1. The van der Waals surface area contributed by atoms with Crippen LogP contribution in [0, 0.1) is 11.8 Å². The van der Waals surface area contributed by atoms with Gasteiger partial charge in [-0.3, -0.25) is 9.59 Å². The van der Waals surface area contributed by atoms with E-state index in [-0.39, 0.29) is 23.7 Å². The van der Waals surface area contributed by atoms with Crippen molar-refractivity contribution in [3.8, 4) is 0 Å². The molecule has 22 heavy (non-hydrogen) atoms. The van der Waals surface area contributed by atoms with Crippen LogP contribution >= 0.6 is 11.8 Å². The summed E-state index contributed by atoms with van der Waals surface area (Å²) in [5.74, 6) is 1.69. The molecule has 0 unspecified atom stereocenters. The van der Waals surface area contributed by atoms with Crippen molar-refractivity contribution < 1.29 is 9.59 Å². The van der Waals surface area contributed by atoms with Crippen molar-refractivity contribution in [1.29, 1.82) is 0 Å². The molecule has 1 saturated heterocycles. The molecule has 4 nitrogen and oxygen atoms in total. The largest absolute Gasteiger partial charge is 0.352 e. The van der Waals surface area contributed by atoms with E-state index in [0.717, 1.165) is 38.1 Å². The monoisotopic (exact) mass is 326 g/mol. The second-order valence-corrected chi connectivity index (χ2v) is 8.31. The van der Waals surface area contributed by atoms with Crippen LogP contribution in [0.3, 0.4) is 0 Å². The average Bonchev–Trinajstić information content (AvgIpc) is 2.94. The van der Waals surface area contributed by atoms with Gasteiger partial charge < -0.3 is 10.2 Å². The first kappa shape index (κ1) is 17.6. The lowest BCUT2D eigenvalue weighted by atomic mass is 9.94. The minimum atomic E-state index is 0.0516. The Morgan fingerprint density at radius 1 is 1.18 bits per heavy atom. The van der Waals surface area contributed by atoms with Crippen LogP contribution < -0.4 is 5.32 Å². The molecule has 1 aliphatic heterocycles. The molecule has 126 valence electrons. The van der Waals surface area contributed by atoms with E-state index in [9.17, 15) is 9.59 Å². The zero-order valence-corrected chi connectivity index (χ0v) is 15.0. The Kier molecular flexibility index (Phi) is 6.60. The number of nitrogens with zero attached hydrogens (tertiary/aromatic N) is 1. The predicted molar refractivity (Wildman–Crippen MR) is 91.8 cm³/mol. The number of hydrogen-bond donors (Lipinski definition) is 1. The standard InChI is InChI=1S/C17H30N2O2S/c1-4-22-15-7-5-6-14(15)18-16(20)13-8-10-19(11-9-13)17(21)12(2)3/h12-15H,4-11H2,1-3H3,(H,18,20)/t14-,15+/m1/s1. The van der Waals surface area contributed by atoms with Gasteiger partial charge >= 0.3 is 0 Å². The SMILES string of the molecule is CCS[C@H]1CCC[C@H]1NC(=O)C1CCN(C(=O)C(C)C)CC1. The third kappa shape index (κ3) is 4.40. The Hall–Kier alpha value is -0.710. The van der Waals surface area contributed by atoms with E-state index in [2.05, 4.69) is 12.2 Å². The maximum absolute atomic E-state index is 12.5. The van der Waals surface area contributed by atoms with Gasteiger partial charge in [0.1, 0.15) is 0 Å². The zero-order chi connectivity index (χ0) is 16.1. The maximum Gasteiger partial charge on any atom is 0.225 e. The zero-order valence-electron chi connectivity index (χ0n) is 14.1. The lowest BCUT2D eigenvalue weighted by molar-refractivity contribution is -0.138. The van der Waals surface area contributed by atoms with Gasteiger partial charge in [-0.2, -0.15) is 11.8 Å². The van der Waals surface area contributed by atoms with Crippen molar-refractivity contribution in [3.05, 3.63) is 0 Å². The molecule has 2 amide bonds.